The van der Waals surface area contributed by atoms with Gasteiger partial charge in [-0.25, -0.2) is 8.42 Å². The molecule has 0 unspecified atom stereocenters. The molecule has 2 aromatic carbocycles. The molecule has 3 aromatic rings. The number of sulfonamides is 1. The van der Waals surface area contributed by atoms with E-state index in [0.717, 1.165) is 0 Å². The SMILES string of the molecule is O=C(NNC(=O)c1cccc(NS(=O)(=O)c2ccccc2)c1)c1cccnc1. The van der Waals surface area contributed by atoms with Crippen LogP contribution in [0.3, 0.4) is 0 Å². The summed E-state index contributed by atoms with van der Waals surface area (Å²) in [5, 5.41) is 0. The van der Waals surface area contributed by atoms with E-state index in [1.165, 1.54) is 48.8 Å². The van der Waals surface area contributed by atoms with Crippen LogP contribution in [-0.4, -0.2) is 25.2 Å². The maximum atomic E-state index is 12.4. The smallest absolute Gasteiger partial charge is 0.271 e. The van der Waals surface area contributed by atoms with Crippen LogP contribution in [0.4, 0.5) is 5.69 Å². The van der Waals surface area contributed by atoms with Gasteiger partial charge in [0.2, 0.25) is 0 Å². The van der Waals surface area contributed by atoms with E-state index in [1.54, 1.807) is 30.3 Å². The molecule has 1 heterocycles. The highest BCUT2D eigenvalue weighted by Gasteiger charge is 2.15. The molecular formula is C19H16N4O4S. The Labute approximate surface area is 161 Å². The van der Waals surface area contributed by atoms with Gasteiger partial charge >= 0.3 is 0 Å². The zero-order chi connectivity index (χ0) is 20.0. The Morgan fingerprint density at radius 1 is 0.786 bits per heavy atom. The maximum Gasteiger partial charge on any atom is 0.271 e. The molecular weight excluding hydrogens is 380 g/mol. The number of anilines is 1. The van der Waals surface area contributed by atoms with Crippen molar-refractivity contribution in [2.75, 3.05) is 4.72 Å². The molecule has 0 aliphatic carbocycles. The Balaban J connectivity index is 1.67. The lowest BCUT2D eigenvalue weighted by Gasteiger charge is -2.10. The third-order valence-electron chi connectivity index (χ3n) is 3.64. The van der Waals surface area contributed by atoms with E-state index < -0.39 is 21.8 Å². The molecule has 0 atom stereocenters. The summed E-state index contributed by atoms with van der Waals surface area (Å²) in [6.07, 6.45) is 2.89. The fourth-order valence-corrected chi connectivity index (χ4v) is 3.36. The van der Waals surface area contributed by atoms with E-state index in [9.17, 15) is 18.0 Å². The fourth-order valence-electron chi connectivity index (χ4n) is 2.29. The molecule has 28 heavy (non-hydrogen) atoms. The third kappa shape index (κ3) is 4.71. The molecule has 0 aliphatic heterocycles. The van der Waals surface area contributed by atoms with Crippen molar-refractivity contribution >= 4 is 27.5 Å². The third-order valence-corrected chi connectivity index (χ3v) is 5.04. The van der Waals surface area contributed by atoms with Crippen LogP contribution >= 0.6 is 0 Å². The van der Waals surface area contributed by atoms with E-state index in [0.29, 0.717) is 0 Å². The number of amides is 2. The Kier molecular flexibility index (Phi) is 5.66. The lowest BCUT2D eigenvalue weighted by Crippen LogP contribution is -2.41. The highest BCUT2D eigenvalue weighted by Crippen LogP contribution is 2.17. The van der Waals surface area contributed by atoms with Crippen LogP contribution in [0.25, 0.3) is 0 Å². The Hall–Kier alpha value is -3.72. The molecule has 0 spiro atoms. The molecule has 0 saturated heterocycles. The average Bonchev–Trinajstić information content (AvgIpc) is 2.73. The van der Waals surface area contributed by atoms with Gasteiger partial charge in [-0.15, -0.1) is 0 Å². The summed E-state index contributed by atoms with van der Waals surface area (Å²) in [6, 6.07) is 16.9. The van der Waals surface area contributed by atoms with Crippen molar-refractivity contribution in [1.29, 1.82) is 0 Å². The highest BCUT2D eigenvalue weighted by atomic mass is 32.2. The van der Waals surface area contributed by atoms with Crippen LogP contribution in [0.1, 0.15) is 20.7 Å². The monoisotopic (exact) mass is 396 g/mol. The summed E-state index contributed by atoms with van der Waals surface area (Å²) in [6.45, 7) is 0. The second-order valence-corrected chi connectivity index (χ2v) is 7.33. The number of aromatic nitrogens is 1. The molecule has 3 rings (SSSR count). The lowest BCUT2D eigenvalue weighted by molar-refractivity contribution is 0.0846. The number of hydrogen-bond donors (Lipinski definition) is 3. The molecule has 142 valence electrons. The number of carbonyl (C=O) groups excluding carboxylic acids is 2. The van der Waals surface area contributed by atoms with Crippen LogP contribution < -0.4 is 15.6 Å². The zero-order valence-corrected chi connectivity index (χ0v) is 15.3. The molecule has 9 heteroatoms. The molecule has 0 saturated carbocycles. The predicted molar refractivity (Wildman–Crippen MR) is 103 cm³/mol. The average molecular weight is 396 g/mol. The highest BCUT2D eigenvalue weighted by molar-refractivity contribution is 7.92. The quantitative estimate of drug-likeness (QED) is 0.570. The normalized spacial score (nSPS) is 10.7. The van der Waals surface area contributed by atoms with Crippen molar-refractivity contribution in [1.82, 2.24) is 15.8 Å². The van der Waals surface area contributed by atoms with Crippen LogP contribution in [0, 0.1) is 0 Å². The molecule has 8 nitrogen and oxygen atoms in total. The molecule has 0 fully saturated rings. The number of hydrogen-bond acceptors (Lipinski definition) is 5. The van der Waals surface area contributed by atoms with Gasteiger partial charge in [-0.1, -0.05) is 24.3 Å². The van der Waals surface area contributed by atoms with E-state index in [4.69, 9.17) is 0 Å². The van der Waals surface area contributed by atoms with Gasteiger partial charge in [-0.3, -0.25) is 30.1 Å². The first-order chi connectivity index (χ1) is 13.5. The number of benzene rings is 2. The first-order valence-corrected chi connectivity index (χ1v) is 9.63. The number of pyridine rings is 1. The topological polar surface area (TPSA) is 117 Å². The summed E-state index contributed by atoms with van der Waals surface area (Å²) in [5.74, 6) is -1.12. The molecule has 1 aromatic heterocycles. The maximum absolute atomic E-state index is 12.4. The van der Waals surface area contributed by atoms with Gasteiger partial charge in [0.15, 0.2) is 0 Å². The van der Waals surface area contributed by atoms with E-state index in [1.807, 2.05) is 0 Å². The van der Waals surface area contributed by atoms with E-state index >= 15 is 0 Å². The first kappa shape index (κ1) is 19.1. The number of hydrazine groups is 1. The van der Waals surface area contributed by atoms with Crippen LogP contribution in [0.5, 0.6) is 0 Å². The Bertz CT molecular complexity index is 1090. The van der Waals surface area contributed by atoms with E-state index in [2.05, 4.69) is 20.6 Å². The van der Waals surface area contributed by atoms with Crippen LogP contribution in [-0.2, 0) is 10.0 Å². The molecule has 0 aliphatic rings. The first-order valence-electron chi connectivity index (χ1n) is 8.14. The van der Waals surface area contributed by atoms with Crippen LogP contribution in [0.2, 0.25) is 0 Å². The van der Waals surface area contributed by atoms with E-state index in [-0.39, 0.29) is 21.7 Å². The fraction of sp³-hybridized carbons (Fsp3) is 0. The minimum atomic E-state index is -3.78. The molecule has 3 N–H and O–H groups in total. The van der Waals surface area contributed by atoms with Crippen molar-refractivity contribution < 1.29 is 18.0 Å². The summed E-state index contributed by atoms with van der Waals surface area (Å²) in [5.41, 5.74) is 5.22. The number of nitrogens with zero attached hydrogens (tertiary/aromatic N) is 1. The summed E-state index contributed by atoms with van der Waals surface area (Å²) in [7, 11) is -3.78. The van der Waals surface area contributed by atoms with Gasteiger partial charge in [-0.2, -0.15) is 0 Å². The lowest BCUT2D eigenvalue weighted by atomic mass is 10.2. The van der Waals surface area contributed by atoms with Crippen molar-refractivity contribution in [3.05, 3.63) is 90.3 Å². The van der Waals surface area contributed by atoms with Gasteiger partial charge in [0, 0.05) is 23.6 Å². The molecule has 2 amide bonds. The summed E-state index contributed by atoms with van der Waals surface area (Å²) in [4.78, 5) is 28.1. The minimum absolute atomic E-state index is 0.105. The second-order valence-electron chi connectivity index (χ2n) is 5.65. The van der Waals surface area contributed by atoms with Crippen molar-refractivity contribution in [2.45, 2.75) is 4.90 Å². The van der Waals surface area contributed by atoms with Crippen LogP contribution in [0.15, 0.2) is 84.0 Å². The largest absolute Gasteiger partial charge is 0.280 e. The molecule has 0 radical (unpaired) electrons. The minimum Gasteiger partial charge on any atom is -0.280 e. The number of carbonyl (C=O) groups is 2. The Morgan fingerprint density at radius 3 is 2.14 bits per heavy atom. The molecule has 0 bridgehead atoms. The van der Waals surface area contributed by atoms with Gasteiger partial charge in [0.1, 0.15) is 0 Å². The number of nitrogens with one attached hydrogen (secondary N) is 3. The van der Waals surface area contributed by atoms with Crippen molar-refractivity contribution in [2.24, 2.45) is 0 Å². The van der Waals surface area contributed by atoms with Gasteiger partial charge < -0.3 is 0 Å². The second kappa shape index (κ2) is 8.31. The van der Waals surface area contributed by atoms with Gasteiger partial charge in [0.25, 0.3) is 21.8 Å². The van der Waals surface area contributed by atoms with Crippen molar-refractivity contribution in [3.8, 4) is 0 Å². The predicted octanol–water partition coefficient (Wildman–Crippen LogP) is 1.96. The van der Waals surface area contributed by atoms with Crippen molar-refractivity contribution in [3.63, 3.8) is 0 Å². The van der Waals surface area contributed by atoms with Gasteiger partial charge in [0.05, 0.1) is 10.5 Å². The Morgan fingerprint density at radius 2 is 1.46 bits per heavy atom. The standard InChI is InChI=1S/C19H16N4O4S/c24-18(21-22-19(25)15-7-5-11-20-13-15)14-6-4-8-16(12-14)23-28(26,27)17-9-2-1-3-10-17/h1-13,23H,(H,21,24)(H,22,25). The number of rotatable bonds is 5. The zero-order valence-electron chi connectivity index (χ0n) is 14.5. The van der Waals surface area contributed by atoms with Gasteiger partial charge in [-0.05, 0) is 42.5 Å². The summed E-state index contributed by atoms with van der Waals surface area (Å²) >= 11 is 0. The summed E-state index contributed by atoms with van der Waals surface area (Å²) < 4.78 is 27.2.